The Balaban J connectivity index is 1.77. The minimum atomic E-state index is -0.386. The van der Waals surface area contributed by atoms with Crippen LogP contribution in [0.5, 0.6) is 11.5 Å². The first-order valence-corrected chi connectivity index (χ1v) is 13.9. The largest absolute Gasteiger partial charge is 0.490 e. The van der Waals surface area contributed by atoms with Gasteiger partial charge >= 0.3 is 5.97 Å². The molecule has 1 aromatic heterocycles. The summed E-state index contributed by atoms with van der Waals surface area (Å²) in [5.74, 6) is 0.583. The van der Waals surface area contributed by atoms with Crippen LogP contribution in [0.3, 0.4) is 0 Å². The molecule has 216 valence electrons. The molecule has 2 radical (unpaired) electrons. The van der Waals surface area contributed by atoms with Crippen molar-refractivity contribution in [2.75, 3.05) is 19.8 Å². The third-order valence-electron chi connectivity index (χ3n) is 6.24. The van der Waals surface area contributed by atoms with Gasteiger partial charge in [-0.3, -0.25) is 9.48 Å². The molecule has 9 heteroatoms. The van der Waals surface area contributed by atoms with Crippen LogP contribution >= 0.6 is 0 Å². The summed E-state index contributed by atoms with van der Waals surface area (Å²) in [5, 5.41) is 8.59. The van der Waals surface area contributed by atoms with Crippen LogP contribution in [-0.2, 0) is 33.6 Å². The first-order chi connectivity index (χ1) is 18.1. The Morgan fingerprint density at radius 3 is 2.33 bits per heavy atom. The number of nitrogens with zero attached hydrogens (tertiary/aromatic N) is 3. The maximum absolute atomic E-state index is 11.5. The maximum atomic E-state index is 11.5. The second-order valence-electron chi connectivity index (χ2n) is 12.7. The number of aromatic nitrogens is 3. The number of hydrogen-bond acceptors (Lipinski definition) is 7. The Morgan fingerprint density at radius 2 is 1.69 bits per heavy atom. The number of rotatable bonds is 16. The lowest BCUT2D eigenvalue weighted by molar-refractivity contribution is -0.132. The van der Waals surface area contributed by atoms with Crippen molar-refractivity contribution in [3.63, 3.8) is 0 Å². The third kappa shape index (κ3) is 12.6. The summed E-state index contributed by atoms with van der Waals surface area (Å²) in [6.45, 7) is 20.8. The molecule has 0 N–H and O–H groups in total. The molecule has 0 amide bonds. The Morgan fingerprint density at radius 1 is 1.00 bits per heavy atom. The summed E-state index contributed by atoms with van der Waals surface area (Å²) in [5.41, 5.74) is 2.28. The Labute approximate surface area is 236 Å². The molecule has 0 unspecified atom stereocenters. The summed E-state index contributed by atoms with van der Waals surface area (Å²) in [6, 6.07) is 3.73. The van der Waals surface area contributed by atoms with Gasteiger partial charge in [-0.25, -0.2) is 0 Å². The van der Waals surface area contributed by atoms with Crippen molar-refractivity contribution in [2.45, 2.75) is 112 Å². The van der Waals surface area contributed by atoms with E-state index >= 15 is 0 Å². The van der Waals surface area contributed by atoms with E-state index in [1.165, 1.54) is 6.92 Å². The van der Waals surface area contributed by atoms with E-state index in [1.807, 2.05) is 29.9 Å². The topological polar surface area (TPSA) is 84.7 Å². The van der Waals surface area contributed by atoms with Gasteiger partial charge < -0.3 is 18.9 Å². The smallest absolute Gasteiger partial charge is 0.308 e. The highest BCUT2D eigenvalue weighted by atomic mass is 16.6. The predicted octanol–water partition coefficient (Wildman–Crippen LogP) is 5.61. The fraction of sp³-hybridized carbons (Fsp3) is 0.700. The maximum Gasteiger partial charge on any atom is 0.308 e. The van der Waals surface area contributed by atoms with Gasteiger partial charge in [-0.05, 0) is 77.3 Å². The van der Waals surface area contributed by atoms with Crippen molar-refractivity contribution in [3.05, 3.63) is 35.2 Å². The molecule has 0 bridgehead atoms. The van der Waals surface area contributed by atoms with Gasteiger partial charge in [0.25, 0.3) is 0 Å². The number of carbonyl (C=O) groups excluding carboxylic acids is 1. The fourth-order valence-electron chi connectivity index (χ4n) is 3.82. The van der Waals surface area contributed by atoms with Gasteiger partial charge in [-0.2, -0.15) is 0 Å². The number of benzene rings is 1. The van der Waals surface area contributed by atoms with Gasteiger partial charge in [0.2, 0.25) is 0 Å². The number of aryl methyl sites for hydroxylation is 3. The highest BCUT2D eigenvalue weighted by Crippen LogP contribution is 2.33. The minimum Gasteiger partial charge on any atom is -0.490 e. The molecule has 1 aromatic carbocycles. The molecule has 0 fully saturated rings. The number of esters is 1. The van der Waals surface area contributed by atoms with E-state index in [1.54, 1.807) is 0 Å². The van der Waals surface area contributed by atoms with Gasteiger partial charge in [-0.15, -0.1) is 5.10 Å². The Hall–Kier alpha value is -2.39. The van der Waals surface area contributed by atoms with Gasteiger partial charge in [-0.1, -0.05) is 43.9 Å². The zero-order valence-corrected chi connectivity index (χ0v) is 25.6. The highest BCUT2D eigenvalue weighted by Gasteiger charge is 2.25. The first kappa shape index (κ1) is 32.8. The number of carbonyl (C=O) groups is 1. The normalized spacial score (nSPS) is 12.5. The predicted molar refractivity (Wildman–Crippen MR) is 155 cm³/mol. The molecule has 0 aliphatic heterocycles. The SMILES string of the molecule is [B]Cc1cc(C)c(OC(C)=O)c(OCCCc2cn(CCC(C)(C)OCCC(C)(C)OCC(C)(C)C)nn2)c1. The lowest BCUT2D eigenvalue weighted by atomic mass is 9.95. The van der Waals surface area contributed by atoms with Gasteiger partial charge in [0.15, 0.2) is 11.5 Å². The van der Waals surface area contributed by atoms with Crippen LogP contribution in [0.1, 0.15) is 91.5 Å². The van der Waals surface area contributed by atoms with E-state index < -0.39 is 0 Å². The fourth-order valence-corrected chi connectivity index (χ4v) is 3.82. The molecule has 0 aliphatic rings. The molecule has 0 spiro atoms. The molecule has 39 heavy (non-hydrogen) atoms. The van der Waals surface area contributed by atoms with Crippen molar-refractivity contribution < 1.29 is 23.7 Å². The van der Waals surface area contributed by atoms with E-state index in [4.69, 9.17) is 26.8 Å². The average Bonchev–Trinajstić information content (AvgIpc) is 3.28. The summed E-state index contributed by atoms with van der Waals surface area (Å²) in [7, 11) is 5.79. The molecule has 1 heterocycles. The molecular weight excluding hydrogens is 493 g/mol. The molecule has 2 rings (SSSR count). The first-order valence-electron chi connectivity index (χ1n) is 13.9. The second-order valence-corrected chi connectivity index (χ2v) is 12.7. The standard InChI is InChI=1S/C30H48BN3O5/c1-22-17-24(19-31)18-26(27(22)39-23(2)35)36-15-10-11-25-20-34(33-32-25)14-12-29(6,7)37-16-13-30(8,9)38-21-28(3,4)5/h17-18,20H,10-16,19,21H2,1-9H3. The summed E-state index contributed by atoms with van der Waals surface area (Å²) >= 11 is 0. The zero-order chi connectivity index (χ0) is 29.3. The van der Waals surface area contributed by atoms with Crippen LogP contribution in [0.15, 0.2) is 18.3 Å². The molecule has 2 aromatic rings. The van der Waals surface area contributed by atoms with Crippen LogP contribution in [0.25, 0.3) is 0 Å². The van der Waals surface area contributed by atoms with Crippen LogP contribution in [0.2, 0.25) is 0 Å². The van der Waals surface area contributed by atoms with E-state index in [-0.39, 0.29) is 22.6 Å². The van der Waals surface area contributed by atoms with Gasteiger partial charge in [0, 0.05) is 19.7 Å². The van der Waals surface area contributed by atoms with Crippen LogP contribution < -0.4 is 9.47 Å². The highest BCUT2D eigenvalue weighted by molar-refractivity contribution is 6.08. The Bertz CT molecular complexity index is 1060. The van der Waals surface area contributed by atoms with E-state index in [9.17, 15) is 4.79 Å². The molecule has 0 saturated heterocycles. The van der Waals surface area contributed by atoms with Gasteiger partial charge in [0.1, 0.15) is 0 Å². The van der Waals surface area contributed by atoms with E-state index in [2.05, 4.69) is 58.8 Å². The quantitative estimate of drug-likeness (QED) is 0.118. The van der Waals surface area contributed by atoms with Gasteiger partial charge in [0.05, 0.1) is 44.6 Å². The van der Waals surface area contributed by atoms with Crippen molar-refractivity contribution in [3.8, 4) is 11.5 Å². The van der Waals surface area contributed by atoms with Crippen LogP contribution in [0.4, 0.5) is 0 Å². The van der Waals surface area contributed by atoms with Crippen molar-refractivity contribution in [1.82, 2.24) is 15.0 Å². The van der Waals surface area contributed by atoms with E-state index in [0.29, 0.717) is 31.0 Å². The van der Waals surface area contributed by atoms with Crippen LogP contribution in [0, 0.1) is 12.3 Å². The number of ether oxygens (including phenoxy) is 4. The van der Waals surface area contributed by atoms with Crippen LogP contribution in [-0.4, -0.2) is 59.8 Å². The zero-order valence-electron chi connectivity index (χ0n) is 25.6. The summed E-state index contributed by atoms with van der Waals surface area (Å²) in [4.78, 5) is 11.5. The lowest BCUT2D eigenvalue weighted by Gasteiger charge is -2.32. The third-order valence-corrected chi connectivity index (χ3v) is 6.24. The van der Waals surface area contributed by atoms with Crippen molar-refractivity contribution >= 4 is 13.8 Å². The summed E-state index contributed by atoms with van der Waals surface area (Å²) < 4.78 is 25.5. The van der Waals surface area contributed by atoms with Crippen molar-refractivity contribution in [2.24, 2.45) is 5.41 Å². The molecule has 0 aliphatic carbocycles. The molecule has 0 atom stereocenters. The second kappa shape index (κ2) is 14.3. The summed E-state index contributed by atoms with van der Waals surface area (Å²) in [6.07, 6.45) is 5.47. The molecule has 8 nitrogen and oxygen atoms in total. The number of hydrogen-bond donors (Lipinski definition) is 0. The van der Waals surface area contributed by atoms with Crippen molar-refractivity contribution in [1.29, 1.82) is 0 Å². The van der Waals surface area contributed by atoms with E-state index in [0.717, 1.165) is 55.7 Å². The molecule has 0 saturated carbocycles. The monoisotopic (exact) mass is 541 g/mol. The minimum absolute atomic E-state index is 0.144. The average molecular weight is 542 g/mol. The lowest BCUT2D eigenvalue weighted by Crippen LogP contribution is -2.33. The molecular formula is C30H48BN3O5. The Kier molecular flexibility index (Phi) is 12.0.